The molecule has 4 rings (SSSR count). The van der Waals surface area contributed by atoms with Crippen LogP contribution < -0.4 is 0 Å². The molecule has 0 bridgehead atoms. The lowest BCUT2D eigenvalue weighted by atomic mass is 10.0. The molecule has 27 heavy (non-hydrogen) atoms. The highest BCUT2D eigenvalue weighted by atomic mass is 35.5. The average Bonchev–Trinajstić information content (AvgIpc) is 3.04. The summed E-state index contributed by atoms with van der Waals surface area (Å²) in [4.78, 5) is 11.5. The van der Waals surface area contributed by atoms with Crippen LogP contribution in [0.1, 0.15) is 5.56 Å². The normalized spacial score (nSPS) is 11.9. The van der Waals surface area contributed by atoms with Crippen molar-refractivity contribution < 1.29 is 13.2 Å². The van der Waals surface area contributed by atoms with Crippen molar-refractivity contribution in [2.75, 3.05) is 0 Å². The Morgan fingerprint density at radius 3 is 2.52 bits per heavy atom. The van der Waals surface area contributed by atoms with E-state index < -0.39 is 11.7 Å². The van der Waals surface area contributed by atoms with Gasteiger partial charge in [0.05, 0.1) is 27.3 Å². The monoisotopic (exact) mass is 407 g/mol. The number of halogens is 5. The van der Waals surface area contributed by atoms with Crippen molar-refractivity contribution in [3.63, 3.8) is 0 Å². The van der Waals surface area contributed by atoms with E-state index in [-0.39, 0.29) is 16.3 Å². The number of alkyl halides is 3. The van der Waals surface area contributed by atoms with Crippen molar-refractivity contribution in [2.45, 2.75) is 6.18 Å². The number of rotatable bonds is 2. The van der Waals surface area contributed by atoms with E-state index in [4.69, 9.17) is 23.2 Å². The van der Waals surface area contributed by atoms with Crippen LogP contribution in [-0.4, -0.2) is 15.0 Å². The molecule has 2 aromatic heterocycles. The Labute approximate surface area is 161 Å². The first-order chi connectivity index (χ1) is 12.8. The molecule has 0 fully saturated rings. The molecular formula is C19H10Cl2F3N3. The van der Waals surface area contributed by atoms with Crippen LogP contribution >= 0.6 is 23.2 Å². The Balaban J connectivity index is 1.79. The van der Waals surface area contributed by atoms with Gasteiger partial charge in [-0.25, -0.2) is 4.98 Å². The van der Waals surface area contributed by atoms with Crippen molar-refractivity contribution in [1.29, 1.82) is 0 Å². The zero-order valence-corrected chi connectivity index (χ0v) is 15.0. The molecule has 0 aliphatic heterocycles. The summed E-state index contributed by atoms with van der Waals surface area (Å²) < 4.78 is 39.8. The first kappa shape index (κ1) is 17.8. The van der Waals surface area contributed by atoms with E-state index in [0.717, 1.165) is 17.1 Å². The fourth-order valence-corrected chi connectivity index (χ4v) is 3.26. The predicted molar refractivity (Wildman–Crippen MR) is 99.8 cm³/mol. The third kappa shape index (κ3) is 3.38. The van der Waals surface area contributed by atoms with Gasteiger partial charge in [-0.3, -0.25) is 4.98 Å². The molecule has 0 saturated heterocycles. The molecule has 2 heterocycles. The van der Waals surface area contributed by atoms with Crippen LogP contribution in [-0.2, 0) is 6.18 Å². The summed E-state index contributed by atoms with van der Waals surface area (Å²) >= 11 is 12.3. The number of hydrogen-bond donors (Lipinski definition) is 1. The molecule has 4 aromatic rings. The topological polar surface area (TPSA) is 41.6 Å². The Kier molecular flexibility index (Phi) is 4.32. The zero-order valence-electron chi connectivity index (χ0n) is 13.5. The lowest BCUT2D eigenvalue weighted by molar-refractivity contribution is -0.137. The fraction of sp³-hybridized carbons (Fsp3) is 0.0526. The van der Waals surface area contributed by atoms with Crippen molar-refractivity contribution in [3.05, 3.63) is 70.3 Å². The van der Waals surface area contributed by atoms with Crippen molar-refractivity contribution in [1.82, 2.24) is 15.0 Å². The average molecular weight is 408 g/mol. The molecule has 0 aliphatic carbocycles. The third-order valence-corrected chi connectivity index (χ3v) is 4.60. The van der Waals surface area contributed by atoms with Crippen LogP contribution in [0.3, 0.4) is 0 Å². The van der Waals surface area contributed by atoms with Crippen LogP contribution in [0.5, 0.6) is 0 Å². The number of imidazole rings is 1. The first-order valence-corrected chi connectivity index (χ1v) is 8.56. The van der Waals surface area contributed by atoms with E-state index in [1.807, 2.05) is 0 Å². The Bertz CT molecular complexity index is 1150. The van der Waals surface area contributed by atoms with Crippen molar-refractivity contribution >= 4 is 34.2 Å². The standard InChI is InChI=1S/C19H10Cl2F3N3/c20-11-4-6-15-16(9-11)27-18(26-15)10-3-5-12(14(21)8-10)17-13(19(22,23)24)2-1-7-25-17/h1-9H,(H,26,27). The molecule has 2 aromatic carbocycles. The second kappa shape index (κ2) is 6.55. The minimum absolute atomic E-state index is 0.148. The Hall–Kier alpha value is -2.57. The fourth-order valence-electron chi connectivity index (χ4n) is 2.82. The molecule has 0 amide bonds. The number of nitrogens with one attached hydrogen (secondary N) is 1. The predicted octanol–water partition coefficient (Wildman–Crippen LogP) is 6.62. The van der Waals surface area contributed by atoms with E-state index >= 15 is 0 Å². The summed E-state index contributed by atoms with van der Waals surface area (Å²) in [6.07, 6.45) is -3.22. The van der Waals surface area contributed by atoms with Crippen molar-refractivity contribution in [2.24, 2.45) is 0 Å². The number of pyridine rings is 1. The molecule has 0 atom stereocenters. The van der Waals surface area contributed by atoms with Crippen LogP contribution in [0.15, 0.2) is 54.7 Å². The number of benzene rings is 2. The zero-order chi connectivity index (χ0) is 19.2. The van der Waals surface area contributed by atoms with Crippen LogP contribution in [0, 0.1) is 0 Å². The molecule has 0 unspecified atom stereocenters. The molecule has 136 valence electrons. The van der Waals surface area contributed by atoms with Gasteiger partial charge in [0.2, 0.25) is 0 Å². The Morgan fingerprint density at radius 2 is 1.78 bits per heavy atom. The van der Waals surface area contributed by atoms with Gasteiger partial charge in [0.25, 0.3) is 0 Å². The van der Waals surface area contributed by atoms with E-state index in [0.29, 0.717) is 16.4 Å². The number of nitrogens with zero attached hydrogens (tertiary/aromatic N) is 2. The van der Waals surface area contributed by atoms with E-state index in [1.165, 1.54) is 18.3 Å². The maximum Gasteiger partial charge on any atom is 0.418 e. The van der Waals surface area contributed by atoms with E-state index in [9.17, 15) is 13.2 Å². The maximum absolute atomic E-state index is 13.3. The summed E-state index contributed by atoms with van der Waals surface area (Å²) in [5.41, 5.74) is 1.27. The summed E-state index contributed by atoms with van der Waals surface area (Å²) in [5.74, 6) is 0.540. The highest BCUT2D eigenvalue weighted by Gasteiger charge is 2.34. The molecule has 8 heteroatoms. The maximum atomic E-state index is 13.3. The highest BCUT2D eigenvalue weighted by molar-refractivity contribution is 6.33. The van der Waals surface area contributed by atoms with Crippen molar-refractivity contribution in [3.8, 4) is 22.6 Å². The molecular weight excluding hydrogens is 398 g/mol. The van der Waals surface area contributed by atoms with Gasteiger partial charge < -0.3 is 4.98 Å². The molecule has 3 nitrogen and oxygen atoms in total. The highest BCUT2D eigenvalue weighted by Crippen LogP contribution is 2.39. The number of fused-ring (bicyclic) bond motifs is 1. The number of aromatic amines is 1. The van der Waals surface area contributed by atoms with Gasteiger partial charge in [-0.05, 0) is 36.4 Å². The van der Waals surface area contributed by atoms with E-state index in [1.54, 1.807) is 30.3 Å². The first-order valence-electron chi connectivity index (χ1n) is 7.81. The van der Waals surface area contributed by atoms with Gasteiger partial charge in [-0.15, -0.1) is 0 Å². The van der Waals surface area contributed by atoms with Gasteiger partial charge in [0.15, 0.2) is 0 Å². The summed E-state index contributed by atoms with van der Waals surface area (Å²) in [7, 11) is 0. The van der Waals surface area contributed by atoms with Gasteiger partial charge in [-0.2, -0.15) is 13.2 Å². The van der Waals surface area contributed by atoms with Gasteiger partial charge >= 0.3 is 6.18 Å². The summed E-state index contributed by atoms with van der Waals surface area (Å²) in [5, 5.41) is 0.719. The lowest BCUT2D eigenvalue weighted by Gasteiger charge is -2.13. The van der Waals surface area contributed by atoms with E-state index in [2.05, 4.69) is 15.0 Å². The molecule has 1 N–H and O–H groups in total. The number of H-pyrrole nitrogens is 1. The van der Waals surface area contributed by atoms with Crippen LogP contribution in [0.4, 0.5) is 13.2 Å². The second-order valence-corrected chi connectivity index (χ2v) is 6.68. The summed E-state index contributed by atoms with van der Waals surface area (Å²) in [6, 6.07) is 12.2. The number of aromatic nitrogens is 3. The smallest absolute Gasteiger partial charge is 0.338 e. The molecule has 0 saturated carbocycles. The van der Waals surface area contributed by atoms with Crippen LogP contribution in [0.25, 0.3) is 33.7 Å². The lowest BCUT2D eigenvalue weighted by Crippen LogP contribution is -2.08. The van der Waals surface area contributed by atoms with Gasteiger partial charge in [-0.1, -0.05) is 35.3 Å². The largest absolute Gasteiger partial charge is 0.418 e. The summed E-state index contributed by atoms with van der Waals surface area (Å²) in [6.45, 7) is 0. The third-order valence-electron chi connectivity index (χ3n) is 4.05. The van der Waals surface area contributed by atoms with Gasteiger partial charge in [0, 0.05) is 22.3 Å². The second-order valence-electron chi connectivity index (χ2n) is 5.84. The SMILES string of the molecule is FC(F)(F)c1cccnc1-c1ccc(-c2nc3ccc(Cl)cc3[nH]2)cc1Cl. The Morgan fingerprint density at radius 1 is 0.963 bits per heavy atom. The molecule has 0 aliphatic rings. The quantitative estimate of drug-likeness (QED) is 0.405. The van der Waals surface area contributed by atoms with Crippen LogP contribution in [0.2, 0.25) is 10.0 Å². The molecule has 0 spiro atoms. The van der Waals surface area contributed by atoms with Gasteiger partial charge in [0.1, 0.15) is 5.82 Å². The minimum Gasteiger partial charge on any atom is -0.338 e. The molecule has 0 radical (unpaired) electrons. The number of hydrogen-bond acceptors (Lipinski definition) is 2. The minimum atomic E-state index is -4.52.